The van der Waals surface area contributed by atoms with Crippen molar-refractivity contribution in [3.8, 4) is 0 Å². The zero-order valence-electron chi connectivity index (χ0n) is 14.3. The lowest BCUT2D eigenvalue weighted by Gasteiger charge is -2.22. The van der Waals surface area contributed by atoms with Crippen LogP contribution in [-0.4, -0.2) is 36.1 Å². The molecule has 6 heteroatoms. The SMILES string of the molecule is Cc1cc(N(C)Cc2cnc(N(C)C)nc2)c2cc(F)ccc2n1. The van der Waals surface area contributed by atoms with Gasteiger partial charge < -0.3 is 9.80 Å². The number of halogens is 1. The van der Waals surface area contributed by atoms with Crippen molar-refractivity contribution in [1.29, 1.82) is 0 Å². The zero-order valence-corrected chi connectivity index (χ0v) is 14.3. The Balaban J connectivity index is 1.93. The lowest BCUT2D eigenvalue weighted by molar-refractivity contribution is 0.629. The third-order valence-corrected chi connectivity index (χ3v) is 3.80. The first-order valence-electron chi connectivity index (χ1n) is 7.70. The highest BCUT2D eigenvalue weighted by molar-refractivity contribution is 5.91. The minimum Gasteiger partial charge on any atom is -0.370 e. The first-order chi connectivity index (χ1) is 11.4. The molecule has 2 heterocycles. The highest BCUT2D eigenvalue weighted by Gasteiger charge is 2.11. The van der Waals surface area contributed by atoms with Gasteiger partial charge in [0.2, 0.25) is 5.95 Å². The van der Waals surface area contributed by atoms with Crippen molar-refractivity contribution in [2.75, 3.05) is 30.9 Å². The van der Waals surface area contributed by atoms with Gasteiger partial charge in [0.25, 0.3) is 0 Å². The van der Waals surface area contributed by atoms with Gasteiger partial charge in [0.05, 0.1) is 5.52 Å². The summed E-state index contributed by atoms with van der Waals surface area (Å²) in [7, 11) is 5.78. The summed E-state index contributed by atoms with van der Waals surface area (Å²) in [5.74, 6) is 0.412. The van der Waals surface area contributed by atoms with E-state index in [1.165, 1.54) is 12.1 Å². The Morgan fingerprint density at radius 3 is 2.42 bits per heavy atom. The molecule has 124 valence electrons. The average molecular weight is 325 g/mol. The van der Waals surface area contributed by atoms with Crippen LogP contribution in [0.15, 0.2) is 36.7 Å². The molecule has 1 aromatic carbocycles. The molecule has 0 N–H and O–H groups in total. The molecule has 0 saturated carbocycles. The fraction of sp³-hybridized carbons (Fsp3) is 0.278. The average Bonchev–Trinajstić information content (AvgIpc) is 2.55. The van der Waals surface area contributed by atoms with E-state index in [9.17, 15) is 4.39 Å². The quantitative estimate of drug-likeness (QED) is 0.737. The summed E-state index contributed by atoms with van der Waals surface area (Å²) in [6, 6.07) is 6.65. The molecule has 24 heavy (non-hydrogen) atoms. The molecule has 0 unspecified atom stereocenters. The number of pyridine rings is 1. The number of aromatic nitrogens is 3. The standard InChI is InChI=1S/C18H20FN5/c1-12-7-17(15-8-14(19)5-6-16(15)22-12)24(4)11-13-9-20-18(21-10-13)23(2)3/h5-10H,11H2,1-4H3. The maximum absolute atomic E-state index is 13.7. The lowest BCUT2D eigenvalue weighted by Crippen LogP contribution is -2.18. The van der Waals surface area contributed by atoms with Crippen LogP contribution in [0.5, 0.6) is 0 Å². The maximum Gasteiger partial charge on any atom is 0.224 e. The number of hydrogen-bond acceptors (Lipinski definition) is 5. The minimum atomic E-state index is -0.263. The second kappa shape index (κ2) is 6.39. The van der Waals surface area contributed by atoms with E-state index in [0.717, 1.165) is 27.8 Å². The normalized spacial score (nSPS) is 10.9. The van der Waals surface area contributed by atoms with Crippen molar-refractivity contribution in [2.45, 2.75) is 13.5 Å². The molecule has 0 radical (unpaired) electrons. The van der Waals surface area contributed by atoms with E-state index in [0.29, 0.717) is 12.5 Å². The molecule has 5 nitrogen and oxygen atoms in total. The Morgan fingerprint density at radius 2 is 1.75 bits per heavy atom. The van der Waals surface area contributed by atoms with Crippen molar-refractivity contribution in [1.82, 2.24) is 15.0 Å². The Labute approximate surface area is 140 Å². The fourth-order valence-corrected chi connectivity index (χ4v) is 2.64. The Bertz CT molecular complexity index is 861. The molecule has 2 aromatic heterocycles. The van der Waals surface area contributed by atoms with Gasteiger partial charge in [0.15, 0.2) is 0 Å². The summed E-state index contributed by atoms with van der Waals surface area (Å²) in [5, 5.41) is 0.800. The molecule has 0 aliphatic rings. The molecule has 3 aromatic rings. The van der Waals surface area contributed by atoms with Crippen molar-refractivity contribution in [3.63, 3.8) is 0 Å². The lowest BCUT2D eigenvalue weighted by atomic mass is 10.1. The van der Waals surface area contributed by atoms with E-state index in [-0.39, 0.29) is 5.82 Å². The number of fused-ring (bicyclic) bond motifs is 1. The number of benzene rings is 1. The van der Waals surface area contributed by atoms with Gasteiger partial charge in [0.1, 0.15) is 5.82 Å². The van der Waals surface area contributed by atoms with E-state index >= 15 is 0 Å². The van der Waals surface area contributed by atoms with E-state index in [1.54, 1.807) is 6.07 Å². The van der Waals surface area contributed by atoms with Crippen LogP contribution in [0.4, 0.5) is 16.0 Å². The molecule has 0 aliphatic heterocycles. The number of rotatable bonds is 4. The van der Waals surface area contributed by atoms with Crippen LogP contribution in [0.3, 0.4) is 0 Å². The van der Waals surface area contributed by atoms with Gasteiger partial charge in [0, 0.05) is 62.4 Å². The summed E-state index contributed by atoms with van der Waals surface area (Å²) in [5.41, 5.74) is 3.61. The van der Waals surface area contributed by atoms with Gasteiger partial charge in [-0.3, -0.25) is 4.98 Å². The third kappa shape index (κ3) is 3.27. The molecule has 0 saturated heterocycles. The van der Waals surface area contributed by atoms with Crippen LogP contribution in [0.1, 0.15) is 11.3 Å². The molecular weight excluding hydrogens is 305 g/mol. The van der Waals surface area contributed by atoms with Crippen molar-refractivity contribution in [3.05, 3.63) is 53.7 Å². The van der Waals surface area contributed by atoms with Crippen molar-refractivity contribution in [2.24, 2.45) is 0 Å². The number of nitrogens with zero attached hydrogens (tertiary/aromatic N) is 5. The Hall–Kier alpha value is -2.76. The van der Waals surface area contributed by atoms with Crippen LogP contribution in [0, 0.1) is 12.7 Å². The van der Waals surface area contributed by atoms with E-state index in [1.807, 2.05) is 51.4 Å². The van der Waals surface area contributed by atoms with Crippen LogP contribution >= 0.6 is 0 Å². The summed E-state index contributed by atoms with van der Waals surface area (Å²) >= 11 is 0. The number of anilines is 2. The fourth-order valence-electron chi connectivity index (χ4n) is 2.64. The second-order valence-electron chi connectivity index (χ2n) is 6.09. The molecule has 0 spiro atoms. The van der Waals surface area contributed by atoms with E-state index in [2.05, 4.69) is 19.9 Å². The summed E-state index contributed by atoms with van der Waals surface area (Å²) < 4.78 is 13.7. The van der Waals surface area contributed by atoms with Gasteiger partial charge in [-0.15, -0.1) is 0 Å². The van der Waals surface area contributed by atoms with E-state index < -0.39 is 0 Å². The first kappa shape index (κ1) is 16.1. The summed E-state index contributed by atoms with van der Waals surface area (Å²) in [4.78, 5) is 17.1. The molecular formula is C18H20FN5. The molecule has 3 rings (SSSR count). The number of aryl methyl sites for hydroxylation is 1. The molecule has 0 bridgehead atoms. The van der Waals surface area contributed by atoms with Gasteiger partial charge in [-0.05, 0) is 31.2 Å². The highest BCUT2D eigenvalue weighted by Crippen LogP contribution is 2.27. The monoisotopic (exact) mass is 325 g/mol. The van der Waals surface area contributed by atoms with Gasteiger partial charge in [-0.1, -0.05) is 0 Å². The predicted molar refractivity (Wildman–Crippen MR) is 94.9 cm³/mol. The molecule has 0 atom stereocenters. The Kier molecular flexibility index (Phi) is 4.29. The molecule has 0 amide bonds. The van der Waals surface area contributed by atoms with Gasteiger partial charge >= 0.3 is 0 Å². The molecule has 0 fully saturated rings. The zero-order chi connectivity index (χ0) is 17.3. The maximum atomic E-state index is 13.7. The van der Waals surface area contributed by atoms with Crippen molar-refractivity contribution >= 4 is 22.5 Å². The third-order valence-electron chi connectivity index (χ3n) is 3.80. The van der Waals surface area contributed by atoms with E-state index in [4.69, 9.17) is 0 Å². The molecule has 0 aliphatic carbocycles. The Morgan fingerprint density at radius 1 is 1.04 bits per heavy atom. The smallest absolute Gasteiger partial charge is 0.224 e. The second-order valence-corrected chi connectivity index (χ2v) is 6.09. The van der Waals surface area contributed by atoms with Gasteiger partial charge in [-0.25, -0.2) is 14.4 Å². The minimum absolute atomic E-state index is 0.263. The predicted octanol–water partition coefficient (Wildman–Crippen LogP) is 3.17. The highest BCUT2D eigenvalue weighted by atomic mass is 19.1. The van der Waals surface area contributed by atoms with Crippen LogP contribution in [0.25, 0.3) is 10.9 Å². The van der Waals surface area contributed by atoms with Gasteiger partial charge in [-0.2, -0.15) is 0 Å². The van der Waals surface area contributed by atoms with Crippen LogP contribution in [0.2, 0.25) is 0 Å². The number of hydrogen-bond donors (Lipinski definition) is 0. The topological polar surface area (TPSA) is 45.2 Å². The first-order valence-corrected chi connectivity index (χ1v) is 7.70. The van der Waals surface area contributed by atoms with Crippen molar-refractivity contribution < 1.29 is 4.39 Å². The van der Waals surface area contributed by atoms with Crippen LogP contribution in [-0.2, 0) is 6.54 Å². The summed E-state index contributed by atoms with van der Waals surface area (Å²) in [6.45, 7) is 2.57. The summed E-state index contributed by atoms with van der Waals surface area (Å²) in [6.07, 6.45) is 3.63. The van der Waals surface area contributed by atoms with Crippen LogP contribution < -0.4 is 9.80 Å². The largest absolute Gasteiger partial charge is 0.370 e.